The normalized spacial score (nSPS) is 25.7. The lowest BCUT2D eigenvalue weighted by Crippen LogP contribution is -2.50. The first-order valence-electron chi connectivity index (χ1n) is 10.2. The highest BCUT2D eigenvalue weighted by Gasteiger charge is 2.44. The van der Waals surface area contributed by atoms with Gasteiger partial charge >= 0.3 is 0 Å². The van der Waals surface area contributed by atoms with Gasteiger partial charge in [0, 0.05) is 39.8 Å². The molecule has 4 heterocycles. The maximum atomic E-state index is 12.8. The van der Waals surface area contributed by atoms with Crippen LogP contribution in [0.2, 0.25) is 0 Å². The van der Waals surface area contributed by atoms with Crippen molar-refractivity contribution in [2.45, 2.75) is 39.2 Å². The minimum Gasteiger partial charge on any atom is -0.376 e. The van der Waals surface area contributed by atoms with Crippen molar-refractivity contribution in [2.75, 3.05) is 52.9 Å². The summed E-state index contributed by atoms with van der Waals surface area (Å²) in [5.41, 5.74) is 1.04. The van der Waals surface area contributed by atoms with Crippen molar-refractivity contribution in [3.05, 3.63) is 15.6 Å². The number of aromatic nitrogens is 1. The monoisotopic (exact) mass is 406 g/mol. The van der Waals surface area contributed by atoms with Crippen molar-refractivity contribution in [1.29, 1.82) is 0 Å². The van der Waals surface area contributed by atoms with E-state index in [0.717, 1.165) is 74.2 Å². The maximum Gasteiger partial charge on any atom is 0.265 e. The molecule has 3 fully saturated rings. The van der Waals surface area contributed by atoms with Crippen molar-refractivity contribution < 1.29 is 14.3 Å². The molecule has 3 saturated heterocycles. The molecule has 3 aliphatic rings. The number of aryl methyl sites for hydroxylation is 2. The molecular formula is C20H30N4O3S. The Bertz CT molecular complexity index is 757. The number of thiazole rings is 1. The number of piperidine rings is 1. The van der Waals surface area contributed by atoms with Crippen LogP contribution in [0.4, 0.5) is 0 Å². The summed E-state index contributed by atoms with van der Waals surface area (Å²) in [6, 6.07) is 0. The second-order valence-corrected chi connectivity index (χ2v) is 9.83. The predicted molar refractivity (Wildman–Crippen MR) is 108 cm³/mol. The summed E-state index contributed by atoms with van der Waals surface area (Å²) < 4.78 is 6.14. The zero-order valence-corrected chi connectivity index (χ0v) is 17.9. The Morgan fingerprint density at radius 1 is 1.25 bits per heavy atom. The number of hydrogen-bond donors (Lipinski definition) is 0. The average Bonchev–Trinajstić information content (AvgIpc) is 3.21. The van der Waals surface area contributed by atoms with Gasteiger partial charge in [0.2, 0.25) is 5.91 Å². The molecule has 0 saturated carbocycles. The van der Waals surface area contributed by atoms with Gasteiger partial charge in [0.1, 0.15) is 4.88 Å². The number of hydrogen-bond acceptors (Lipinski definition) is 6. The van der Waals surface area contributed by atoms with Gasteiger partial charge in [0.05, 0.1) is 30.0 Å². The van der Waals surface area contributed by atoms with E-state index < -0.39 is 0 Å². The fraction of sp³-hybridized carbons (Fsp3) is 0.750. The molecule has 0 N–H and O–H groups in total. The number of ether oxygens (including phenoxy) is 1. The van der Waals surface area contributed by atoms with E-state index in [1.807, 2.05) is 25.8 Å². The van der Waals surface area contributed by atoms with Gasteiger partial charge in [-0.1, -0.05) is 0 Å². The van der Waals surface area contributed by atoms with Gasteiger partial charge in [0.15, 0.2) is 0 Å². The maximum absolute atomic E-state index is 12.8. The molecule has 0 bridgehead atoms. The molecular weight excluding hydrogens is 376 g/mol. The average molecular weight is 407 g/mol. The van der Waals surface area contributed by atoms with Crippen LogP contribution in [0.25, 0.3) is 0 Å². The van der Waals surface area contributed by atoms with E-state index in [0.29, 0.717) is 6.54 Å². The van der Waals surface area contributed by atoms with Gasteiger partial charge in [-0.3, -0.25) is 14.5 Å². The van der Waals surface area contributed by atoms with Gasteiger partial charge in [-0.15, -0.1) is 11.3 Å². The number of likely N-dealkylation sites (N-methyl/N-ethyl adjacent to an activating group) is 1. The number of carbonyl (C=O) groups is 2. The molecule has 0 unspecified atom stereocenters. The molecule has 1 spiro atoms. The summed E-state index contributed by atoms with van der Waals surface area (Å²) in [6.07, 6.45) is 3.22. The summed E-state index contributed by atoms with van der Waals surface area (Å²) in [7, 11) is 1.87. The lowest BCUT2D eigenvalue weighted by molar-refractivity contribution is -0.134. The first-order chi connectivity index (χ1) is 13.3. The number of carbonyl (C=O) groups excluding carboxylic acids is 2. The van der Waals surface area contributed by atoms with Gasteiger partial charge in [0.25, 0.3) is 5.91 Å². The first kappa shape index (κ1) is 19.8. The molecule has 28 heavy (non-hydrogen) atoms. The lowest BCUT2D eigenvalue weighted by Gasteiger charge is -2.38. The van der Waals surface area contributed by atoms with Crippen LogP contribution in [-0.4, -0.2) is 90.5 Å². The van der Waals surface area contributed by atoms with Gasteiger partial charge in [-0.2, -0.15) is 0 Å². The Hall–Kier alpha value is -1.51. The fourth-order valence-electron chi connectivity index (χ4n) is 4.67. The van der Waals surface area contributed by atoms with Crippen molar-refractivity contribution in [2.24, 2.45) is 5.41 Å². The van der Waals surface area contributed by atoms with E-state index in [4.69, 9.17) is 4.74 Å². The summed E-state index contributed by atoms with van der Waals surface area (Å²) in [5, 5.41) is 0.948. The van der Waals surface area contributed by atoms with Crippen LogP contribution < -0.4 is 0 Å². The molecule has 1 atom stereocenters. The van der Waals surface area contributed by atoms with Crippen LogP contribution in [0, 0.1) is 19.3 Å². The molecule has 7 nitrogen and oxygen atoms in total. The molecule has 0 aliphatic carbocycles. The van der Waals surface area contributed by atoms with Gasteiger partial charge in [-0.25, -0.2) is 4.98 Å². The van der Waals surface area contributed by atoms with Crippen LogP contribution >= 0.6 is 11.3 Å². The zero-order valence-electron chi connectivity index (χ0n) is 17.1. The first-order valence-corrected chi connectivity index (χ1v) is 11.0. The lowest BCUT2D eigenvalue weighted by atomic mass is 9.76. The molecule has 1 aromatic heterocycles. The predicted octanol–water partition coefficient (Wildman–Crippen LogP) is 1.55. The van der Waals surface area contributed by atoms with Crippen LogP contribution in [-0.2, 0) is 9.53 Å². The Kier molecular flexibility index (Phi) is 5.46. The van der Waals surface area contributed by atoms with Crippen LogP contribution in [0.1, 0.15) is 39.6 Å². The van der Waals surface area contributed by atoms with E-state index in [9.17, 15) is 9.59 Å². The van der Waals surface area contributed by atoms with Gasteiger partial charge in [-0.05, 0) is 38.5 Å². The molecule has 4 rings (SSSR count). The van der Waals surface area contributed by atoms with Crippen LogP contribution in [0.15, 0.2) is 0 Å². The van der Waals surface area contributed by atoms with E-state index >= 15 is 0 Å². The minimum absolute atomic E-state index is 0.129. The minimum atomic E-state index is 0.129. The molecule has 2 amide bonds. The molecule has 0 aromatic carbocycles. The van der Waals surface area contributed by atoms with Crippen LogP contribution in [0.5, 0.6) is 0 Å². The highest BCUT2D eigenvalue weighted by Crippen LogP contribution is 2.42. The van der Waals surface area contributed by atoms with E-state index in [-0.39, 0.29) is 23.3 Å². The molecule has 8 heteroatoms. The number of amides is 2. The molecule has 154 valence electrons. The Morgan fingerprint density at radius 3 is 2.64 bits per heavy atom. The highest BCUT2D eigenvalue weighted by molar-refractivity contribution is 7.13. The third-order valence-electron chi connectivity index (χ3n) is 6.49. The third kappa shape index (κ3) is 3.95. The Labute approximate surface area is 170 Å². The highest BCUT2D eigenvalue weighted by atomic mass is 32.1. The standard InChI is InChI=1S/C20H30N4O3S/c1-14-18(28-15(2)21-14)19(26)24-6-4-20(5-7-24)10-16(27-13-20)11-23-9-8-22(3)17(25)12-23/h16H,4-13H2,1-3H3/t16-/m1/s1. The van der Waals surface area contributed by atoms with E-state index in [1.54, 1.807) is 4.90 Å². The number of nitrogens with zero attached hydrogens (tertiary/aromatic N) is 4. The van der Waals surface area contributed by atoms with Crippen molar-refractivity contribution in [1.82, 2.24) is 19.7 Å². The largest absolute Gasteiger partial charge is 0.376 e. The molecule has 3 aliphatic heterocycles. The third-order valence-corrected chi connectivity index (χ3v) is 7.55. The molecule has 1 aromatic rings. The number of piperazine rings is 1. The summed E-state index contributed by atoms with van der Waals surface area (Å²) in [4.78, 5) is 35.9. The second kappa shape index (κ2) is 7.72. The number of rotatable bonds is 3. The topological polar surface area (TPSA) is 66.0 Å². The van der Waals surface area contributed by atoms with Crippen molar-refractivity contribution >= 4 is 23.2 Å². The van der Waals surface area contributed by atoms with E-state index in [2.05, 4.69) is 9.88 Å². The summed E-state index contributed by atoms with van der Waals surface area (Å²) >= 11 is 1.50. The second-order valence-electron chi connectivity index (χ2n) is 8.63. The Balaban J connectivity index is 1.29. The quantitative estimate of drug-likeness (QED) is 0.762. The fourth-order valence-corrected chi connectivity index (χ4v) is 5.56. The van der Waals surface area contributed by atoms with Gasteiger partial charge < -0.3 is 14.5 Å². The molecule has 0 radical (unpaired) electrons. The zero-order chi connectivity index (χ0) is 19.9. The smallest absolute Gasteiger partial charge is 0.265 e. The SMILES string of the molecule is Cc1nc(C)c(C(=O)N2CCC3(CC2)CO[C@@H](CN2CCN(C)C(=O)C2)C3)s1. The van der Waals surface area contributed by atoms with E-state index in [1.165, 1.54) is 11.3 Å². The van der Waals surface area contributed by atoms with Crippen LogP contribution in [0.3, 0.4) is 0 Å². The summed E-state index contributed by atoms with van der Waals surface area (Å²) in [6.45, 7) is 9.28. The van der Waals surface area contributed by atoms with Crippen molar-refractivity contribution in [3.8, 4) is 0 Å². The summed E-state index contributed by atoms with van der Waals surface area (Å²) in [5.74, 6) is 0.323. The number of likely N-dealkylation sites (tertiary alicyclic amines) is 1. The Morgan fingerprint density at radius 2 is 2.00 bits per heavy atom. The van der Waals surface area contributed by atoms with Crippen molar-refractivity contribution in [3.63, 3.8) is 0 Å².